The van der Waals surface area contributed by atoms with Gasteiger partial charge in [-0.2, -0.15) is 0 Å². The minimum atomic E-state index is -2.97. The molecule has 11 heteroatoms. The number of carbonyl (C=O) groups is 1. The monoisotopic (exact) mass is 297 g/mol. The molecule has 0 aromatic rings. The second-order valence-corrected chi connectivity index (χ2v) is 4.90. The molecule has 20 heavy (non-hydrogen) atoms. The van der Waals surface area contributed by atoms with E-state index in [-0.39, 0.29) is 0 Å². The standard InChI is InChI=1S/C9H19N3O8/c10-8(19)2-7(18,6(16)17)20-5(9(8,11)12)4(15)3(14)1-13/h3-5,13-15,18-19H,1-2,10-12H2,(H,16,17)/t3-,4-,5+,7?,8+/m1/s1. The molecule has 0 spiro atoms. The summed E-state index contributed by atoms with van der Waals surface area (Å²) in [7, 11) is 0. The second kappa shape index (κ2) is 5.14. The Morgan fingerprint density at radius 3 is 2.20 bits per heavy atom. The first-order valence-corrected chi connectivity index (χ1v) is 5.58. The van der Waals surface area contributed by atoms with E-state index < -0.39 is 54.5 Å². The molecular weight excluding hydrogens is 278 g/mol. The summed E-state index contributed by atoms with van der Waals surface area (Å²) < 4.78 is 4.72. The Bertz CT molecular complexity index is 389. The van der Waals surface area contributed by atoms with Crippen molar-refractivity contribution < 1.29 is 40.2 Å². The number of hydrogen-bond acceptors (Lipinski definition) is 10. The van der Waals surface area contributed by atoms with Crippen LogP contribution in [0.2, 0.25) is 0 Å². The van der Waals surface area contributed by atoms with E-state index in [9.17, 15) is 25.2 Å². The van der Waals surface area contributed by atoms with Crippen LogP contribution in [0.3, 0.4) is 0 Å². The molecule has 118 valence electrons. The van der Waals surface area contributed by atoms with Gasteiger partial charge in [-0.25, -0.2) is 4.79 Å². The summed E-state index contributed by atoms with van der Waals surface area (Å²) in [6.45, 7) is -0.925. The molecule has 5 atom stereocenters. The maximum Gasteiger partial charge on any atom is 0.364 e. The van der Waals surface area contributed by atoms with E-state index in [0.29, 0.717) is 0 Å². The van der Waals surface area contributed by atoms with Crippen molar-refractivity contribution in [2.75, 3.05) is 6.61 Å². The maximum atomic E-state index is 11.0. The summed E-state index contributed by atoms with van der Waals surface area (Å²) in [5.74, 6) is -4.86. The van der Waals surface area contributed by atoms with E-state index in [1.54, 1.807) is 0 Å². The predicted octanol–water partition coefficient (Wildman–Crippen LogP) is -5.48. The number of rotatable bonds is 4. The van der Waals surface area contributed by atoms with Gasteiger partial charge in [0.2, 0.25) is 0 Å². The van der Waals surface area contributed by atoms with Gasteiger partial charge in [0.05, 0.1) is 13.0 Å². The van der Waals surface area contributed by atoms with Gasteiger partial charge in [0.1, 0.15) is 24.0 Å². The third-order valence-electron chi connectivity index (χ3n) is 3.28. The highest BCUT2D eigenvalue weighted by Gasteiger charge is 2.64. The lowest BCUT2D eigenvalue weighted by atomic mass is 9.80. The number of aliphatic hydroxyl groups is 5. The van der Waals surface area contributed by atoms with E-state index in [0.717, 1.165) is 0 Å². The maximum absolute atomic E-state index is 11.0. The molecule has 0 aromatic heterocycles. The normalized spacial score (nSPS) is 40.1. The Kier molecular flexibility index (Phi) is 4.41. The largest absolute Gasteiger partial charge is 0.477 e. The summed E-state index contributed by atoms with van der Waals surface area (Å²) >= 11 is 0. The molecule has 1 unspecified atom stereocenters. The first kappa shape index (κ1) is 17.2. The van der Waals surface area contributed by atoms with Crippen LogP contribution < -0.4 is 17.2 Å². The van der Waals surface area contributed by atoms with Crippen molar-refractivity contribution in [3.8, 4) is 0 Å². The van der Waals surface area contributed by atoms with Gasteiger partial charge in [-0.3, -0.25) is 0 Å². The van der Waals surface area contributed by atoms with Gasteiger partial charge in [0.15, 0.2) is 5.72 Å². The molecule has 1 fully saturated rings. The minimum absolute atomic E-state index is 0.925. The summed E-state index contributed by atoms with van der Waals surface area (Å²) in [4.78, 5) is 11.0. The molecule has 1 aliphatic rings. The molecule has 0 aliphatic carbocycles. The lowest BCUT2D eigenvalue weighted by molar-refractivity contribution is -0.327. The SMILES string of the molecule is NC1(N)[C@H]([C@H](O)[C@H](O)CO)OC(O)(C(=O)O)C[C@]1(N)O. The van der Waals surface area contributed by atoms with Crippen molar-refractivity contribution in [2.45, 2.75) is 41.9 Å². The van der Waals surface area contributed by atoms with E-state index in [1.165, 1.54) is 0 Å². The van der Waals surface area contributed by atoms with Gasteiger partial charge in [-0.05, 0) is 0 Å². The highest BCUT2D eigenvalue weighted by molar-refractivity contribution is 5.75. The number of carboxylic acid groups (broad SMARTS) is 1. The highest BCUT2D eigenvalue weighted by Crippen LogP contribution is 2.36. The van der Waals surface area contributed by atoms with Crippen molar-refractivity contribution in [1.82, 2.24) is 0 Å². The summed E-state index contributed by atoms with van der Waals surface area (Å²) in [5, 5.41) is 56.4. The molecule has 0 aromatic carbocycles. The smallest absolute Gasteiger partial charge is 0.364 e. The molecular formula is C9H19N3O8. The van der Waals surface area contributed by atoms with Crippen LogP contribution >= 0.6 is 0 Å². The molecule has 1 heterocycles. The number of hydrogen-bond donors (Lipinski definition) is 9. The summed E-state index contributed by atoms with van der Waals surface area (Å²) in [5.41, 5.74) is 11.4. The van der Waals surface area contributed by atoms with Crippen molar-refractivity contribution in [1.29, 1.82) is 0 Å². The summed E-state index contributed by atoms with van der Waals surface area (Å²) in [6.07, 6.45) is -6.84. The lowest BCUT2D eigenvalue weighted by Gasteiger charge is -2.53. The zero-order valence-electron chi connectivity index (χ0n) is 10.4. The van der Waals surface area contributed by atoms with Crippen LogP contribution in [0.15, 0.2) is 0 Å². The Labute approximate surface area is 113 Å². The van der Waals surface area contributed by atoms with E-state index in [4.69, 9.17) is 32.2 Å². The van der Waals surface area contributed by atoms with Crippen LogP contribution in [-0.2, 0) is 9.53 Å². The Morgan fingerprint density at radius 1 is 1.30 bits per heavy atom. The molecule has 0 radical (unpaired) electrons. The van der Waals surface area contributed by atoms with Crippen LogP contribution in [-0.4, -0.2) is 78.7 Å². The van der Waals surface area contributed by atoms with Gasteiger partial charge in [0, 0.05) is 0 Å². The number of aliphatic carboxylic acids is 1. The van der Waals surface area contributed by atoms with Gasteiger partial charge >= 0.3 is 5.97 Å². The first-order valence-electron chi connectivity index (χ1n) is 5.58. The van der Waals surface area contributed by atoms with E-state index in [1.807, 2.05) is 0 Å². The van der Waals surface area contributed by atoms with E-state index in [2.05, 4.69) is 0 Å². The Hall–Kier alpha value is -0.890. The number of nitrogens with two attached hydrogens (primary N) is 3. The molecule has 0 saturated carbocycles. The number of ether oxygens (including phenoxy) is 1. The highest BCUT2D eigenvalue weighted by atomic mass is 16.7. The Balaban J connectivity index is 3.21. The van der Waals surface area contributed by atoms with Gasteiger partial charge in [0.25, 0.3) is 5.79 Å². The lowest BCUT2D eigenvalue weighted by Crippen LogP contribution is -2.85. The van der Waals surface area contributed by atoms with Crippen molar-refractivity contribution >= 4 is 5.97 Å². The van der Waals surface area contributed by atoms with E-state index >= 15 is 0 Å². The van der Waals surface area contributed by atoms with Crippen molar-refractivity contribution in [2.24, 2.45) is 17.2 Å². The molecule has 12 N–H and O–H groups in total. The average molecular weight is 297 g/mol. The predicted molar refractivity (Wildman–Crippen MR) is 61.4 cm³/mol. The molecule has 11 nitrogen and oxygen atoms in total. The zero-order valence-corrected chi connectivity index (χ0v) is 10.4. The molecule has 0 bridgehead atoms. The van der Waals surface area contributed by atoms with Crippen LogP contribution in [0.25, 0.3) is 0 Å². The van der Waals surface area contributed by atoms with Crippen LogP contribution in [0.5, 0.6) is 0 Å². The second-order valence-electron chi connectivity index (χ2n) is 4.90. The molecule has 0 amide bonds. The fourth-order valence-electron chi connectivity index (χ4n) is 1.90. The fraction of sp³-hybridized carbons (Fsp3) is 0.889. The minimum Gasteiger partial charge on any atom is -0.477 e. The number of aliphatic hydroxyl groups excluding tert-OH is 3. The average Bonchev–Trinajstić information content (AvgIpc) is 2.31. The summed E-state index contributed by atoms with van der Waals surface area (Å²) in [6, 6.07) is 0. The Morgan fingerprint density at radius 2 is 1.80 bits per heavy atom. The van der Waals surface area contributed by atoms with Crippen molar-refractivity contribution in [3.05, 3.63) is 0 Å². The third kappa shape index (κ3) is 2.63. The third-order valence-corrected chi connectivity index (χ3v) is 3.28. The van der Waals surface area contributed by atoms with Gasteiger partial charge in [-0.15, -0.1) is 0 Å². The molecule has 1 saturated heterocycles. The van der Waals surface area contributed by atoms with Gasteiger partial charge < -0.3 is 52.6 Å². The number of carboxylic acids is 1. The van der Waals surface area contributed by atoms with Crippen LogP contribution in [0.1, 0.15) is 6.42 Å². The zero-order chi connectivity index (χ0) is 15.9. The van der Waals surface area contributed by atoms with Crippen LogP contribution in [0, 0.1) is 0 Å². The van der Waals surface area contributed by atoms with Crippen molar-refractivity contribution in [3.63, 3.8) is 0 Å². The topological polar surface area (TPSA) is 226 Å². The quantitative estimate of drug-likeness (QED) is 0.222. The fourth-order valence-corrected chi connectivity index (χ4v) is 1.90. The molecule has 1 rings (SSSR count). The molecule has 1 aliphatic heterocycles. The van der Waals surface area contributed by atoms with Crippen LogP contribution in [0.4, 0.5) is 0 Å². The first-order chi connectivity index (χ1) is 8.89. The van der Waals surface area contributed by atoms with Gasteiger partial charge in [-0.1, -0.05) is 0 Å².